The molecule has 0 rings (SSSR count). The van der Waals surface area contributed by atoms with Gasteiger partial charge in [0.2, 0.25) is 0 Å². The number of esters is 2. The molecular weight excluding hydrogens is 743 g/mol. The van der Waals surface area contributed by atoms with Gasteiger partial charge < -0.3 is 24.6 Å². The van der Waals surface area contributed by atoms with Crippen LogP contribution in [0, 0.1) is 0 Å². The van der Waals surface area contributed by atoms with E-state index in [2.05, 4.69) is 91.3 Å². The second-order valence-corrected chi connectivity index (χ2v) is 15.4. The summed E-state index contributed by atoms with van der Waals surface area (Å²) in [4.78, 5) is 34.9. The Labute approximate surface area is 345 Å². The van der Waals surface area contributed by atoms with E-state index in [1.807, 2.05) is 12.2 Å². The Morgan fingerprint density at radius 2 is 1.00 bits per heavy atom. The fourth-order valence-corrected chi connectivity index (χ4v) is 6.04. The molecule has 0 radical (unpaired) electrons. The number of allylic oxidation sites excluding steroid dienone is 14. The second-order valence-electron chi connectivity index (χ2n) is 14.0. The molecule has 0 bridgehead atoms. The minimum Gasteiger partial charge on any atom is -0.462 e. The highest BCUT2D eigenvalue weighted by atomic mass is 31.2. The molecule has 11 heteroatoms. The van der Waals surface area contributed by atoms with Crippen molar-refractivity contribution in [2.75, 3.05) is 26.4 Å². The molecule has 0 heterocycles. The summed E-state index contributed by atoms with van der Waals surface area (Å²) in [7, 11) is -4.64. The second kappa shape index (κ2) is 41.3. The Morgan fingerprint density at radius 1 is 0.544 bits per heavy atom. The van der Waals surface area contributed by atoms with E-state index < -0.39 is 51.8 Å². The molecule has 0 saturated heterocycles. The zero-order valence-electron chi connectivity index (χ0n) is 35.3. The first-order chi connectivity index (χ1) is 27.7. The van der Waals surface area contributed by atoms with Crippen molar-refractivity contribution in [1.29, 1.82) is 0 Å². The third-order valence-corrected chi connectivity index (χ3v) is 9.50. The highest BCUT2D eigenvalue weighted by molar-refractivity contribution is 7.47. The van der Waals surface area contributed by atoms with Crippen LogP contribution in [0.5, 0.6) is 0 Å². The normalized spacial score (nSPS) is 14.7. The van der Waals surface area contributed by atoms with Crippen molar-refractivity contribution in [3.05, 3.63) is 85.1 Å². The van der Waals surface area contributed by atoms with Gasteiger partial charge in [-0.2, -0.15) is 0 Å². The first-order valence-electron chi connectivity index (χ1n) is 21.5. The van der Waals surface area contributed by atoms with E-state index >= 15 is 0 Å². The molecule has 0 spiro atoms. The van der Waals surface area contributed by atoms with Crippen LogP contribution in [0.15, 0.2) is 85.1 Å². The third-order valence-electron chi connectivity index (χ3n) is 8.55. The highest BCUT2D eigenvalue weighted by Gasteiger charge is 2.27. The summed E-state index contributed by atoms with van der Waals surface area (Å²) in [6, 6.07) is 0. The van der Waals surface area contributed by atoms with Gasteiger partial charge in [-0.25, -0.2) is 4.57 Å². The maximum atomic E-state index is 12.6. The van der Waals surface area contributed by atoms with Gasteiger partial charge in [0.1, 0.15) is 12.7 Å². The molecule has 0 aliphatic heterocycles. The summed E-state index contributed by atoms with van der Waals surface area (Å²) in [5.41, 5.74) is 0. The van der Waals surface area contributed by atoms with Gasteiger partial charge in [0.15, 0.2) is 6.10 Å². The topological polar surface area (TPSA) is 149 Å². The monoisotopic (exact) mass is 821 g/mol. The summed E-state index contributed by atoms with van der Waals surface area (Å²) < 4.78 is 32.6. The Kier molecular flexibility index (Phi) is 39.2. The summed E-state index contributed by atoms with van der Waals surface area (Å²) in [5, 5.41) is 18.3. The van der Waals surface area contributed by atoms with E-state index in [1.54, 1.807) is 0 Å². The molecule has 0 amide bonds. The predicted molar refractivity (Wildman–Crippen MR) is 233 cm³/mol. The van der Waals surface area contributed by atoms with Gasteiger partial charge in [-0.3, -0.25) is 18.6 Å². The maximum absolute atomic E-state index is 12.6. The van der Waals surface area contributed by atoms with Gasteiger partial charge >= 0.3 is 19.8 Å². The molecule has 0 aromatic rings. The van der Waals surface area contributed by atoms with Crippen molar-refractivity contribution in [3.63, 3.8) is 0 Å². The molecule has 57 heavy (non-hydrogen) atoms. The molecule has 0 aliphatic carbocycles. The fraction of sp³-hybridized carbons (Fsp3) is 0.652. The lowest BCUT2D eigenvalue weighted by atomic mass is 10.1. The van der Waals surface area contributed by atoms with Crippen molar-refractivity contribution in [1.82, 2.24) is 0 Å². The Morgan fingerprint density at radius 3 is 1.53 bits per heavy atom. The number of hydrogen-bond acceptors (Lipinski definition) is 9. The van der Waals surface area contributed by atoms with Gasteiger partial charge in [-0.05, 0) is 77.0 Å². The van der Waals surface area contributed by atoms with Crippen LogP contribution in [0.4, 0.5) is 0 Å². The van der Waals surface area contributed by atoms with Crippen molar-refractivity contribution < 1.29 is 47.8 Å². The van der Waals surface area contributed by atoms with Crippen LogP contribution in [-0.2, 0) is 32.7 Å². The average Bonchev–Trinajstić information content (AvgIpc) is 3.20. The molecule has 10 nitrogen and oxygen atoms in total. The van der Waals surface area contributed by atoms with Crippen LogP contribution in [-0.4, -0.2) is 65.7 Å². The average molecular weight is 821 g/mol. The highest BCUT2D eigenvalue weighted by Crippen LogP contribution is 2.43. The van der Waals surface area contributed by atoms with E-state index in [-0.39, 0.29) is 19.4 Å². The van der Waals surface area contributed by atoms with E-state index in [0.29, 0.717) is 12.8 Å². The molecule has 1 unspecified atom stereocenters. The van der Waals surface area contributed by atoms with Gasteiger partial charge in [0.25, 0.3) is 0 Å². The summed E-state index contributed by atoms with van der Waals surface area (Å²) >= 11 is 0. The minimum absolute atomic E-state index is 0.0531. The smallest absolute Gasteiger partial charge is 0.462 e. The van der Waals surface area contributed by atoms with Gasteiger partial charge in [-0.1, -0.05) is 150 Å². The van der Waals surface area contributed by atoms with Crippen molar-refractivity contribution in [2.24, 2.45) is 0 Å². The number of rotatable bonds is 39. The first kappa shape index (κ1) is 54.2. The molecule has 0 saturated carbocycles. The van der Waals surface area contributed by atoms with E-state index in [1.165, 1.54) is 38.5 Å². The molecule has 0 aromatic heterocycles. The number of phosphoric ester groups is 1. The summed E-state index contributed by atoms with van der Waals surface area (Å²) in [6.07, 6.45) is 48.5. The Bertz CT molecular complexity index is 1220. The van der Waals surface area contributed by atoms with Gasteiger partial charge in [0.05, 0.1) is 19.8 Å². The predicted octanol–water partition coefficient (Wildman–Crippen LogP) is 11.4. The van der Waals surface area contributed by atoms with E-state index in [4.69, 9.17) is 19.1 Å². The summed E-state index contributed by atoms with van der Waals surface area (Å²) in [6.45, 7) is 2.15. The summed E-state index contributed by atoms with van der Waals surface area (Å²) in [5.74, 6) is -1.04. The molecule has 3 N–H and O–H groups in total. The molecule has 0 fully saturated rings. The van der Waals surface area contributed by atoms with Gasteiger partial charge in [0, 0.05) is 12.8 Å². The number of aliphatic hydroxyl groups is 2. The quantitative estimate of drug-likeness (QED) is 0.0237. The number of unbranched alkanes of at least 4 members (excludes halogenated alkanes) is 11. The van der Waals surface area contributed by atoms with E-state index in [0.717, 1.165) is 77.0 Å². The van der Waals surface area contributed by atoms with Crippen LogP contribution in [0.2, 0.25) is 0 Å². The largest absolute Gasteiger partial charge is 0.472 e. The lowest BCUT2D eigenvalue weighted by Crippen LogP contribution is -2.29. The Balaban J connectivity index is 4.46. The van der Waals surface area contributed by atoms with Crippen molar-refractivity contribution in [3.8, 4) is 0 Å². The maximum Gasteiger partial charge on any atom is 0.472 e. The van der Waals surface area contributed by atoms with Crippen LogP contribution >= 0.6 is 7.82 Å². The fourth-order valence-electron chi connectivity index (χ4n) is 5.25. The number of ether oxygens (including phenoxy) is 2. The molecule has 3 atom stereocenters. The Hall–Kier alpha value is -2.85. The standard InChI is InChI=1S/C46H77O10P/c1-3-5-7-9-11-13-15-17-19-20-21-22-24-26-28-30-32-34-36-38-46(50)56-44(42-55-57(51,52)54-40-43(48)39-47)41-53-45(49)37-35-33-31-29-27-25-23-18-16-14-12-10-8-6-4-2/h5,7,11,13,17-19,21-23,26,28,32,34,43-44,47-48H,3-4,6,8-10,12,14-16,20,24-25,27,29-31,33,35-42H2,1-2H3,(H,51,52)/t43-,44+/m0/s1. The number of carbonyl (C=O) groups excluding carboxylic acids is 2. The number of carbonyl (C=O) groups is 2. The first-order valence-corrected chi connectivity index (χ1v) is 23.0. The van der Waals surface area contributed by atoms with Crippen molar-refractivity contribution in [2.45, 2.75) is 167 Å². The molecule has 326 valence electrons. The van der Waals surface area contributed by atoms with Crippen LogP contribution in [0.1, 0.15) is 155 Å². The minimum atomic E-state index is -4.64. The SMILES string of the molecule is CCC=CCC=CCC=CCC=CCC=CCC=CCCC(=O)O[C@H](COC(=O)CCCCCCCC=CCCCCCCCC)COP(=O)(O)OC[C@@H](O)CO. The van der Waals surface area contributed by atoms with E-state index in [9.17, 15) is 24.2 Å². The lowest BCUT2D eigenvalue weighted by Gasteiger charge is -2.20. The lowest BCUT2D eigenvalue weighted by molar-refractivity contribution is -0.161. The molecule has 0 aliphatic rings. The number of phosphoric acid groups is 1. The van der Waals surface area contributed by atoms with Gasteiger partial charge in [-0.15, -0.1) is 0 Å². The third kappa shape index (κ3) is 41.1. The van der Waals surface area contributed by atoms with Crippen LogP contribution in [0.3, 0.4) is 0 Å². The number of aliphatic hydroxyl groups excluding tert-OH is 2. The zero-order chi connectivity index (χ0) is 41.9. The molecule has 0 aromatic carbocycles. The number of hydrogen-bond donors (Lipinski definition) is 3. The van der Waals surface area contributed by atoms with Crippen molar-refractivity contribution >= 4 is 19.8 Å². The molecular formula is C46H77O10P. The van der Waals surface area contributed by atoms with Crippen LogP contribution < -0.4 is 0 Å². The zero-order valence-corrected chi connectivity index (χ0v) is 36.2. The van der Waals surface area contributed by atoms with Crippen LogP contribution in [0.25, 0.3) is 0 Å².